The molecule has 3 heteroatoms. The summed E-state index contributed by atoms with van der Waals surface area (Å²) in [6.07, 6.45) is 0.265. The topological polar surface area (TPSA) is 43.4 Å². The van der Waals surface area contributed by atoms with Crippen molar-refractivity contribution in [2.24, 2.45) is 5.92 Å². The van der Waals surface area contributed by atoms with Gasteiger partial charge in [0, 0.05) is 6.42 Å². The molecular formula is C15H20O3. The van der Waals surface area contributed by atoms with Crippen LogP contribution < -0.4 is 0 Å². The zero-order chi connectivity index (χ0) is 13.8. The van der Waals surface area contributed by atoms with Gasteiger partial charge < -0.3 is 4.74 Å². The van der Waals surface area contributed by atoms with Crippen LogP contribution in [0.1, 0.15) is 33.3 Å². The monoisotopic (exact) mass is 248 g/mol. The first-order valence-corrected chi connectivity index (χ1v) is 6.09. The molecule has 0 fully saturated rings. The molecule has 0 amide bonds. The van der Waals surface area contributed by atoms with Crippen molar-refractivity contribution in [1.29, 1.82) is 0 Å². The highest BCUT2D eigenvalue weighted by atomic mass is 16.6. The largest absolute Gasteiger partial charge is 0.459 e. The summed E-state index contributed by atoms with van der Waals surface area (Å²) in [6.45, 7) is 6.97. The lowest BCUT2D eigenvalue weighted by atomic mass is 9.99. The molecule has 3 nitrogen and oxygen atoms in total. The lowest BCUT2D eigenvalue weighted by molar-refractivity contribution is -0.161. The van der Waals surface area contributed by atoms with Crippen LogP contribution >= 0.6 is 0 Å². The van der Waals surface area contributed by atoms with Crippen molar-refractivity contribution in [3.8, 4) is 0 Å². The normalized spacial score (nSPS) is 12.9. The average Bonchev–Trinajstić information content (AvgIpc) is 2.27. The molecule has 0 aliphatic carbocycles. The van der Waals surface area contributed by atoms with E-state index in [0.717, 1.165) is 5.56 Å². The van der Waals surface area contributed by atoms with Crippen LogP contribution in [0.2, 0.25) is 0 Å². The van der Waals surface area contributed by atoms with Crippen molar-refractivity contribution in [2.45, 2.75) is 39.7 Å². The fourth-order valence-corrected chi connectivity index (χ4v) is 1.47. The molecule has 0 heterocycles. The predicted octanol–water partition coefficient (Wildman–Crippen LogP) is 2.78. The van der Waals surface area contributed by atoms with Gasteiger partial charge in [-0.25, -0.2) is 0 Å². The molecule has 98 valence electrons. The van der Waals surface area contributed by atoms with Crippen LogP contribution in [0.4, 0.5) is 0 Å². The molecule has 1 rings (SSSR count). The van der Waals surface area contributed by atoms with Crippen LogP contribution in [-0.4, -0.2) is 17.4 Å². The summed E-state index contributed by atoms with van der Waals surface area (Å²) in [5.41, 5.74) is 0.358. The molecule has 18 heavy (non-hydrogen) atoms. The first-order chi connectivity index (χ1) is 8.29. The summed E-state index contributed by atoms with van der Waals surface area (Å²) in [5, 5.41) is 0. The SMILES string of the molecule is CC(C(=O)Cc1ccccc1)C(=O)OC(C)(C)C. The molecule has 0 aliphatic rings. The van der Waals surface area contributed by atoms with Crippen molar-refractivity contribution >= 4 is 11.8 Å². The maximum Gasteiger partial charge on any atom is 0.316 e. The second-order valence-electron chi connectivity index (χ2n) is 5.38. The van der Waals surface area contributed by atoms with Gasteiger partial charge in [-0.3, -0.25) is 9.59 Å². The molecule has 1 atom stereocenters. The van der Waals surface area contributed by atoms with E-state index in [-0.39, 0.29) is 12.2 Å². The Morgan fingerprint density at radius 1 is 1.17 bits per heavy atom. The number of hydrogen-bond donors (Lipinski definition) is 0. The first kappa shape index (κ1) is 14.4. The standard InChI is InChI=1S/C15H20O3/c1-11(14(17)18-15(2,3)4)13(16)10-12-8-6-5-7-9-12/h5-9,11H,10H2,1-4H3. The highest BCUT2D eigenvalue weighted by Gasteiger charge is 2.26. The number of rotatable bonds is 4. The third-order valence-electron chi connectivity index (χ3n) is 2.46. The lowest BCUT2D eigenvalue weighted by Gasteiger charge is -2.21. The Balaban J connectivity index is 2.59. The minimum atomic E-state index is -0.718. The quantitative estimate of drug-likeness (QED) is 0.608. The van der Waals surface area contributed by atoms with E-state index >= 15 is 0 Å². The van der Waals surface area contributed by atoms with E-state index in [4.69, 9.17) is 4.74 Å². The number of ketones is 1. The van der Waals surface area contributed by atoms with Crippen molar-refractivity contribution in [1.82, 2.24) is 0 Å². The zero-order valence-electron chi connectivity index (χ0n) is 11.4. The molecule has 0 spiro atoms. The van der Waals surface area contributed by atoms with Gasteiger partial charge in [-0.05, 0) is 33.3 Å². The summed E-state index contributed by atoms with van der Waals surface area (Å²) in [5.74, 6) is -1.29. The second-order valence-corrected chi connectivity index (χ2v) is 5.38. The van der Waals surface area contributed by atoms with E-state index in [1.807, 2.05) is 30.3 Å². The Bertz CT molecular complexity index is 415. The molecular weight excluding hydrogens is 228 g/mol. The molecule has 1 aromatic rings. The molecule has 0 aromatic heterocycles. The number of ether oxygens (including phenoxy) is 1. The highest BCUT2D eigenvalue weighted by molar-refractivity contribution is 5.99. The fraction of sp³-hybridized carbons (Fsp3) is 0.467. The van der Waals surface area contributed by atoms with Gasteiger partial charge in [0.15, 0.2) is 5.78 Å². The molecule has 0 N–H and O–H groups in total. The highest BCUT2D eigenvalue weighted by Crippen LogP contribution is 2.13. The van der Waals surface area contributed by atoms with Crippen molar-refractivity contribution in [3.63, 3.8) is 0 Å². The second kappa shape index (κ2) is 5.80. The molecule has 1 unspecified atom stereocenters. The summed E-state index contributed by atoms with van der Waals surface area (Å²) in [7, 11) is 0. The van der Waals surface area contributed by atoms with Gasteiger partial charge in [-0.1, -0.05) is 30.3 Å². The van der Waals surface area contributed by atoms with Crippen LogP contribution in [0.15, 0.2) is 30.3 Å². The van der Waals surface area contributed by atoms with Gasteiger partial charge in [0.1, 0.15) is 11.5 Å². The zero-order valence-corrected chi connectivity index (χ0v) is 11.4. The number of hydrogen-bond acceptors (Lipinski definition) is 3. The fourth-order valence-electron chi connectivity index (χ4n) is 1.47. The third-order valence-corrected chi connectivity index (χ3v) is 2.46. The molecule has 0 saturated heterocycles. The minimum absolute atomic E-state index is 0.115. The van der Waals surface area contributed by atoms with E-state index in [1.165, 1.54) is 0 Å². The van der Waals surface area contributed by atoms with Gasteiger partial charge >= 0.3 is 5.97 Å². The molecule has 1 aromatic carbocycles. The van der Waals surface area contributed by atoms with Crippen LogP contribution in [0.3, 0.4) is 0 Å². The van der Waals surface area contributed by atoms with Crippen molar-refractivity contribution < 1.29 is 14.3 Å². The van der Waals surface area contributed by atoms with E-state index in [1.54, 1.807) is 27.7 Å². The molecule has 0 saturated carbocycles. The van der Waals surface area contributed by atoms with Crippen molar-refractivity contribution in [2.75, 3.05) is 0 Å². The van der Waals surface area contributed by atoms with E-state index in [2.05, 4.69) is 0 Å². The smallest absolute Gasteiger partial charge is 0.316 e. The van der Waals surface area contributed by atoms with Crippen LogP contribution in [0, 0.1) is 5.92 Å². The number of esters is 1. The van der Waals surface area contributed by atoms with Crippen LogP contribution in [0.25, 0.3) is 0 Å². The number of carbonyl (C=O) groups excluding carboxylic acids is 2. The van der Waals surface area contributed by atoms with E-state index in [9.17, 15) is 9.59 Å². The molecule has 0 aliphatic heterocycles. The Morgan fingerprint density at radius 2 is 1.72 bits per heavy atom. The Morgan fingerprint density at radius 3 is 2.22 bits per heavy atom. The number of Topliss-reactive ketones (excluding diaryl/α,β-unsaturated/α-hetero) is 1. The van der Waals surface area contributed by atoms with Gasteiger partial charge in [-0.2, -0.15) is 0 Å². The maximum atomic E-state index is 11.9. The first-order valence-electron chi connectivity index (χ1n) is 6.09. The summed E-state index contributed by atoms with van der Waals surface area (Å²) >= 11 is 0. The van der Waals surface area contributed by atoms with Crippen LogP contribution in [0.5, 0.6) is 0 Å². The summed E-state index contributed by atoms with van der Waals surface area (Å²) in [6, 6.07) is 9.40. The Labute approximate surface area is 108 Å². The Kier molecular flexibility index (Phi) is 4.65. The van der Waals surface area contributed by atoms with E-state index in [0.29, 0.717) is 0 Å². The lowest BCUT2D eigenvalue weighted by Crippen LogP contribution is -2.31. The Hall–Kier alpha value is -1.64. The van der Waals surface area contributed by atoms with Gasteiger partial charge in [-0.15, -0.1) is 0 Å². The molecule has 0 bridgehead atoms. The molecule has 0 radical (unpaired) electrons. The average molecular weight is 248 g/mol. The van der Waals surface area contributed by atoms with Gasteiger partial charge in [0.2, 0.25) is 0 Å². The number of benzene rings is 1. The summed E-state index contributed by atoms with van der Waals surface area (Å²) in [4.78, 5) is 23.7. The minimum Gasteiger partial charge on any atom is -0.459 e. The van der Waals surface area contributed by atoms with Gasteiger partial charge in [0.25, 0.3) is 0 Å². The maximum absolute atomic E-state index is 11.9. The van der Waals surface area contributed by atoms with Crippen molar-refractivity contribution in [3.05, 3.63) is 35.9 Å². The van der Waals surface area contributed by atoms with Gasteiger partial charge in [0.05, 0.1) is 0 Å². The third kappa shape index (κ3) is 4.70. The summed E-state index contributed by atoms with van der Waals surface area (Å²) < 4.78 is 5.20. The van der Waals surface area contributed by atoms with E-state index < -0.39 is 17.5 Å². The number of carbonyl (C=O) groups is 2. The predicted molar refractivity (Wildman–Crippen MR) is 70.2 cm³/mol. The van der Waals surface area contributed by atoms with Crippen LogP contribution in [-0.2, 0) is 20.7 Å².